The maximum absolute atomic E-state index is 13.7. The topological polar surface area (TPSA) is 71.3 Å². The lowest BCUT2D eigenvalue weighted by Crippen LogP contribution is -2.29. The standard InChI is InChI=1S/C20H15F3N2O3/c21-14-4-1-12(2-5-14)9-25-10-16(19(27)18(26)11-25)20(28)24-8-13-3-6-15(22)7-17(13)23/h1-7,10-11,26H,8-9H2,(H,24,28). The van der Waals surface area contributed by atoms with Crippen molar-refractivity contribution in [2.45, 2.75) is 13.1 Å². The summed E-state index contributed by atoms with van der Waals surface area (Å²) in [5.74, 6) is -3.44. The Morgan fingerprint density at radius 2 is 1.68 bits per heavy atom. The summed E-state index contributed by atoms with van der Waals surface area (Å²) in [6.45, 7) is -0.0843. The first kappa shape index (κ1) is 19.2. The van der Waals surface area contributed by atoms with Gasteiger partial charge in [0.2, 0.25) is 5.43 Å². The van der Waals surface area contributed by atoms with Crippen LogP contribution in [0.5, 0.6) is 5.75 Å². The van der Waals surface area contributed by atoms with Crippen molar-refractivity contribution in [3.8, 4) is 5.75 Å². The van der Waals surface area contributed by atoms with Crippen LogP contribution in [0.25, 0.3) is 0 Å². The summed E-state index contributed by atoms with van der Waals surface area (Å²) in [7, 11) is 0. The Bertz CT molecular complexity index is 1080. The number of hydrogen-bond donors (Lipinski definition) is 2. The van der Waals surface area contributed by atoms with E-state index in [0.29, 0.717) is 11.6 Å². The Morgan fingerprint density at radius 3 is 2.36 bits per heavy atom. The number of nitrogens with zero attached hydrogens (tertiary/aromatic N) is 1. The fourth-order valence-corrected chi connectivity index (χ4v) is 2.60. The molecule has 1 aromatic heterocycles. The molecule has 0 aliphatic heterocycles. The number of carbonyl (C=O) groups is 1. The van der Waals surface area contributed by atoms with Crippen molar-refractivity contribution in [2.75, 3.05) is 0 Å². The van der Waals surface area contributed by atoms with Crippen LogP contribution in [0.3, 0.4) is 0 Å². The van der Waals surface area contributed by atoms with Crippen LogP contribution in [-0.2, 0) is 13.1 Å². The molecule has 2 aromatic carbocycles. The van der Waals surface area contributed by atoms with Gasteiger partial charge in [0.05, 0.1) is 6.20 Å². The second-order valence-electron chi connectivity index (χ2n) is 6.10. The lowest BCUT2D eigenvalue weighted by molar-refractivity contribution is 0.0948. The maximum Gasteiger partial charge on any atom is 0.257 e. The molecular weight excluding hydrogens is 373 g/mol. The van der Waals surface area contributed by atoms with Gasteiger partial charge in [-0.1, -0.05) is 18.2 Å². The second kappa shape index (κ2) is 7.99. The minimum Gasteiger partial charge on any atom is -0.503 e. The molecule has 0 saturated carbocycles. The molecule has 5 nitrogen and oxygen atoms in total. The Labute approximate surface area is 157 Å². The van der Waals surface area contributed by atoms with Gasteiger partial charge in [-0.3, -0.25) is 9.59 Å². The third-order valence-corrected chi connectivity index (χ3v) is 4.04. The van der Waals surface area contributed by atoms with Gasteiger partial charge in [-0.25, -0.2) is 13.2 Å². The predicted molar refractivity (Wildman–Crippen MR) is 95.4 cm³/mol. The van der Waals surface area contributed by atoms with Gasteiger partial charge in [0.15, 0.2) is 5.75 Å². The van der Waals surface area contributed by atoms with Crippen molar-refractivity contribution < 1.29 is 23.1 Å². The van der Waals surface area contributed by atoms with Gasteiger partial charge in [-0.05, 0) is 23.8 Å². The summed E-state index contributed by atoms with van der Waals surface area (Å²) < 4.78 is 41.0. The molecule has 8 heteroatoms. The van der Waals surface area contributed by atoms with Crippen LogP contribution in [-0.4, -0.2) is 15.6 Å². The average Bonchev–Trinajstić information content (AvgIpc) is 2.65. The van der Waals surface area contributed by atoms with E-state index < -0.39 is 34.5 Å². The first-order valence-corrected chi connectivity index (χ1v) is 8.23. The van der Waals surface area contributed by atoms with Crippen molar-refractivity contribution in [2.24, 2.45) is 0 Å². The van der Waals surface area contributed by atoms with E-state index in [9.17, 15) is 27.9 Å². The Balaban J connectivity index is 1.80. The summed E-state index contributed by atoms with van der Waals surface area (Å²) in [4.78, 5) is 24.4. The lowest BCUT2D eigenvalue weighted by atomic mass is 10.2. The number of hydrogen-bond acceptors (Lipinski definition) is 3. The van der Waals surface area contributed by atoms with E-state index in [1.165, 1.54) is 41.1 Å². The molecule has 3 rings (SSSR count). The van der Waals surface area contributed by atoms with Crippen LogP contribution in [0.4, 0.5) is 13.2 Å². The largest absolute Gasteiger partial charge is 0.503 e. The van der Waals surface area contributed by atoms with Gasteiger partial charge in [0.1, 0.15) is 23.0 Å². The Kier molecular flexibility index (Phi) is 5.49. The first-order valence-electron chi connectivity index (χ1n) is 8.23. The van der Waals surface area contributed by atoms with E-state index in [4.69, 9.17) is 0 Å². The van der Waals surface area contributed by atoms with Crippen LogP contribution in [0, 0.1) is 17.5 Å². The lowest BCUT2D eigenvalue weighted by Gasteiger charge is -2.11. The highest BCUT2D eigenvalue weighted by Crippen LogP contribution is 2.11. The third kappa shape index (κ3) is 4.40. The quantitative estimate of drug-likeness (QED) is 0.706. The molecule has 2 N–H and O–H groups in total. The number of nitrogens with one attached hydrogen (secondary N) is 1. The molecule has 0 aliphatic rings. The second-order valence-corrected chi connectivity index (χ2v) is 6.10. The number of carbonyl (C=O) groups excluding carboxylic acids is 1. The summed E-state index contributed by atoms with van der Waals surface area (Å²) in [6, 6.07) is 8.51. The number of amides is 1. The fraction of sp³-hybridized carbons (Fsp3) is 0.100. The molecule has 1 amide bonds. The Hall–Kier alpha value is -3.55. The van der Waals surface area contributed by atoms with Crippen molar-refractivity contribution in [1.82, 2.24) is 9.88 Å². The predicted octanol–water partition coefficient (Wildman–Crippen LogP) is 2.95. The molecule has 3 aromatic rings. The van der Waals surface area contributed by atoms with E-state index in [0.717, 1.165) is 12.3 Å². The fourth-order valence-electron chi connectivity index (χ4n) is 2.60. The number of pyridine rings is 1. The van der Waals surface area contributed by atoms with Gasteiger partial charge in [-0.15, -0.1) is 0 Å². The summed E-state index contributed by atoms with van der Waals surface area (Å²) >= 11 is 0. The highest BCUT2D eigenvalue weighted by atomic mass is 19.1. The molecular formula is C20H15F3N2O3. The smallest absolute Gasteiger partial charge is 0.257 e. The minimum absolute atomic E-state index is 0.0431. The van der Waals surface area contributed by atoms with Crippen molar-refractivity contribution in [3.63, 3.8) is 0 Å². The van der Waals surface area contributed by atoms with Crippen LogP contribution in [0.15, 0.2) is 59.7 Å². The number of rotatable bonds is 5. The number of aromatic hydroxyl groups is 1. The zero-order chi connectivity index (χ0) is 20.3. The molecule has 0 saturated heterocycles. The molecule has 0 aliphatic carbocycles. The number of benzene rings is 2. The molecule has 1 heterocycles. The van der Waals surface area contributed by atoms with E-state index in [2.05, 4.69) is 5.32 Å². The maximum atomic E-state index is 13.7. The Morgan fingerprint density at radius 1 is 1.00 bits per heavy atom. The van der Waals surface area contributed by atoms with E-state index in [1.807, 2.05) is 0 Å². The molecule has 28 heavy (non-hydrogen) atoms. The van der Waals surface area contributed by atoms with Crippen molar-refractivity contribution >= 4 is 5.91 Å². The van der Waals surface area contributed by atoms with Gasteiger partial charge < -0.3 is 15.0 Å². The molecule has 0 bridgehead atoms. The average molecular weight is 388 g/mol. The van der Waals surface area contributed by atoms with Crippen LogP contribution in [0.1, 0.15) is 21.5 Å². The number of halogens is 3. The monoisotopic (exact) mass is 388 g/mol. The number of aromatic nitrogens is 1. The van der Waals surface area contributed by atoms with Gasteiger partial charge >= 0.3 is 0 Å². The van der Waals surface area contributed by atoms with Crippen molar-refractivity contribution in [1.29, 1.82) is 0 Å². The third-order valence-electron chi connectivity index (χ3n) is 4.04. The highest BCUT2D eigenvalue weighted by molar-refractivity contribution is 5.94. The molecule has 0 unspecified atom stereocenters. The first-order chi connectivity index (χ1) is 13.3. The molecule has 0 radical (unpaired) electrons. The minimum atomic E-state index is -0.882. The molecule has 0 atom stereocenters. The normalized spacial score (nSPS) is 10.7. The summed E-state index contributed by atoms with van der Waals surface area (Å²) in [5, 5.41) is 12.2. The van der Waals surface area contributed by atoms with Crippen LogP contribution < -0.4 is 10.7 Å². The zero-order valence-corrected chi connectivity index (χ0v) is 14.5. The summed E-state index contributed by atoms with van der Waals surface area (Å²) in [5.41, 5.74) is -0.497. The highest BCUT2D eigenvalue weighted by Gasteiger charge is 2.15. The zero-order valence-electron chi connectivity index (χ0n) is 14.5. The van der Waals surface area contributed by atoms with Gasteiger partial charge in [-0.2, -0.15) is 0 Å². The molecule has 144 valence electrons. The van der Waals surface area contributed by atoms with Gasteiger partial charge in [0, 0.05) is 30.9 Å². The van der Waals surface area contributed by atoms with Crippen molar-refractivity contribution in [3.05, 3.63) is 99.2 Å². The van der Waals surface area contributed by atoms with Gasteiger partial charge in [0.25, 0.3) is 5.91 Å². The summed E-state index contributed by atoms with van der Waals surface area (Å²) in [6.07, 6.45) is 2.39. The molecule has 0 spiro atoms. The van der Waals surface area contributed by atoms with E-state index in [1.54, 1.807) is 0 Å². The van der Waals surface area contributed by atoms with Crippen LogP contribution in [0.2, 0.25) is 0 Å². The van der Waals surface area contributed by atoms with E-state index >= 15 is 0 Å². The van der Waals surface area contributed by atoms with Crippen LogP contribution >= 0.6 is 0 Å². The molecule has 0 fully saturated rings. The van der Waals surface area contributed by atoms with E-state index in [-0.39, 0.29) is 24.2 Å². The SMILES string of the molecule is O=C(NCc1ccc(F)cc1F)c1cn(Cc2ccc(F)cc2)cc(O)c1=O.